The van der Waals surface area contributed by atoms with Crippen molar-refractivity contribution in [2.24, 2.45) is 5.73 Å². The van der Waals surface area contributed by atoms with Gasteiger partial charge >= 0.3 is 6.18 Å². The van der Waals surface area contributed by atoms with Crippen LogP contribution in [0.2, 0.25) is 0 Å². The highest BCUT2D eigenvalue weighted by Gasteiger charge is 2.27. The van der Waals surface area contributed by atoms with Gasteiger partial charge in [-0.2, -0.15) is 13.2 Å². The highest BCUT2D eigenvalue weighted by Crippen LogP contribution is 2.15. The minimum atomic E-state index is -4.26. The number of hydrogen-bond donors (Lipinski definition) is 1. The lowest BCUT2D eigenvalue weighted by Crippen LogP contribution is -2.24. The zero-order chi connectivity index (χ0) is 15.0. The fourth-order valence-corrected chi connectivity index (χ4v) is 1.80. The Hall–Kier alpha value is -1.27. The average Bonchev–Trinajstić information content (AvgIpc) is 2.38. The van der Waals surface area contributed by atoms with E-state index in [-0.39, 0.29) is 12.6 Å². The number of alkyl halides is 3. The topological polar surface area (TPSA) is 44.5 Å². The Balaban J connectivity index is 2.18. The molecule has 114 valence electrons. The molecule has 0 aromatic heterocycles. The summed E-state index contributed by atoms with van der Waals surface area (Å²) in [5, 5.41) is 0. The molecule has 0 bridgehead atoms. The van der Waals surface area contributed by atoms with Gasteiger partial charge in [0.2, 0.25) is 0 Å². The molecule has 1 rings (SSSR count). The molecule has 0 spiro atoms. The van der Waals surface area contributed by atoms with Crippen LogP contribution in [0.5, 0.6) is 5.75 Å². The average molecular weight is 291 g/mol. The van der Waals surface area contributed by atoms with Crippen LogP contribution in [0, 0.1) is 0 Å². The predicted molar refractivity (Wildman–Crippen MR) is 70.8 cm³/mol. The lowest BCUT2D eigenvalue weighted by Gasteiger charge is -2.12. The van der Waals surface area contributed by atoms with Gasteiger partial charge in [0.1, 0.15) is 12.4 Å². The van der Waals surface area contributed by atoms with Gasteiger partial charge in [0.25, 0.3) is 0 Å². The molecular weight excluding hydrogens is 271 g/mol. The van der Waals surface area contributed by atoms with Crippen LogP contribution in [0.25, 0.3) is 0 Å². The largest absolute Gasteiger partial charge is 0.497 e. The predicted octanol–water partition coefficient (Wildman–Crippen LogP) is 2.92. The summed E-state index contributed by atoms with van der Waals surface area (Å²) in [5.74, 6) is 0.780. The summed E-state index contributed by atoms with van der Waals surface area (Å²) in [6.45, 7) is -1.11. The van der Waals surface area contributed by atoms with Crippen LogP contribution in [0.4, 0.5) is 13.2 Å². The third-order valence-corrected chi connectivity index (χ3v) is 2.79. The van der Waals surface area contributed by atoms with Gasteiger partial charge < -0.3 is 15.2 Å². The molecular formula is C14H20F3NO2. The first-order valence-electron chi connectivity index (χ1n) is 6.43. The molecule has 0 amide bonds. The first-order chi connectivity index (χ1) is 9.40. The molecule has 0 aliphatic heterocycles. The number of benzene rings is 1. The smallest absolute Gasteiger partial charge is 0.411 e. The maximum Gasteiger partial charge on any atom is 0.411 e. The second-order valence-corrected chi connectivity index (χ2v) is 4.62. The number of ether oxygens (including phenoxy) is 2. The highest BCUT2D eigenvalue weighted by atomic mass is 19.4. The van der Waals surface area contributed by atoms with Crippen molar-refractivity contribution in [3.05, 3.63) is 29.8 Å². The number of rotatable bonds is 8. The SMILES string of the molecule is COc1ccc(CC(N)CCCOCC(F)(F)F)cc1. The lowest BCUT2D eigenvalue weighted by molar-refractivity contribution is -0.174. The summed E-state index contributed by atoms with van der Waals surface area (Å²) >= 11 is 0. The van der Waals surface area contributed by atoms with Crippen molar-refractivity contribution in [2.45, 2.75) is 31.5 Å². The van der Waals surface area contributed by atoms with Crippen molar-refractivity contribution in [2.75, 3.05) is 20.3 Å². The van der Waals surface area contributed by atoms with Gasteiger partial charge in [0.05, 0.1) is 7.11 Å². The molecule has 3 nitrogen and oxygen atoms in total. The van der Waals surface area contributed by atoms with E-state index in [0.29, 0.717) is 19.3 Å². The third kappa shape index (κ3) is 7.35. The Morgan fingerprint density at radius 1 is 1.20 bits per heavy atom. The van der Waals surface area contributed by atoms with E-state index in [2.05, 4.69) is 4.74 Å². The quantitative estimate of drug-likeness (QED) is 0.749. The monoisotopic (exact) mass is 291 g/mol. The van der Waals surface area contributed by atoms with Gasteiger partial charge in [-0.3, -0.25) is 0 Å². The van der Waals surface area contributed by atoms with Crippen LogP contribution >= 0.6 is 0 Å². The van der Waals surface area contributed by atoms with Crippen LogP contribution < -0.4 is 10.5 Å². The van der Waals surface area contributed by atoms with Gasteiger partial charge in [-0.05, 0) is 37.0 Å². The molecule has 0 saturated carbocycles. The molecule has 0 heterocycles. The molecule has 20 heavy (non-hydrogen) atoms. The molecule has 0 aliphatic rings. The maximum absolute atomic E-state index is 11.8. The first-order valence-corrected chi connectivity index (χ1v) is 6.43. The summed E-state index contributed by atoms with van der Waals surface area (Å²) in [5.41, 5.74) is 7.01. The lowest BCUT2D eigenvalue weighted by atomic mass is 10.0. The molecule has 0 fully saturated rings. The van der Waals surface area contributed by atoms with Crippen LogP contribution in [0.15, 0.2) is 24.3 Å². The summed E-state index contributed by atoms with van der Waals surface area (Å²) in [6, 6.07) is 7.48. The second-order valence-electron chi connectivity index (χ2n) is 4.62. The summed E-state index contributed by atoms with van der Waals surface area (Å²) < 4.78 is 45.1. The van der Waals surface area contributed by atoms with Crippen molar-refractivity contribution < 1.29 is 22.6 Å². The fourth-order valence-electron chi connectivity index (χ4n) is 1.80. The molecule has 2 N–H and O–H groups in total. The molecule has 0 aliphatic carbocycles. The Bertz CT molecular complexity index is 379. The Kier molecular flexibility index (Phi) is 6.81. The number of halogens is 3. The molecule has 1 atom stereocenters. The molecule has 1 aromatic rings. The molecule has 1 unspecified atom stereocenters. The van der Waals surface area contributed by atoms with E-state index >= 15 is 0 Å². The van der Waals surface area contributed by atoms with E-state index in [1.165, 1.54) is 0 Å². The number of methoxy groups -OCH3 is 1. The van der Waals surface area contributed by atoms with Crippen LogP contribution in [-0.4, -0.2) is 32.5 Å². The molecule has 1 aromatic carbocycles. The van der Waals surface area contributed by atoms with Gasteiger partial charge in [-0.1, -0.05) is 12.1 Å². The summed E-state index contributed by atoms with van der Waals surface area (Å²) in [7, 11) is 1.60. The standard InChI is InChI=1S/C14H20F3NO2/c1-19-13-6-4-11(5-7-13)9-12(18)3-2-8-20-10-14(15,16)17/h4-7,12H,2-3,8-10,18H2,1H3. The summed E-state index contributed by atoms with van der Waals surface area (Å²) in [6.07, 6.45) is -2.42. The van der Waals surface area contributed by atoms with Gasteiger partial charge in [-0.15, -0.1) is 0 Å². The molecule has 0 radical (unpaired) electrons. The normalized spacial score (nSPS) is 13.2. The Labute approximate surface area is 116 Å². The van der Waals surface area contributed by atoms with Crippen LogP contribution in [0.1, 0.15) is 18.4 Å². The zero-order valence-corrected chi connectivity index (χ0v) is 11.5. The second kappa shape index (κ2) is 8.11. The van der Waals surface area contributed by atoms with Gasteiger partial charge in [0.15, 0.2) is 0 Å². The van der Waals surface area contributed by atoms with E-state index < -0.39 is 12.8 Å². The molecule has 6 heteroatoms. The maximum atomic E-state index is 11.8. The van der Waals surface area contributed by atoms with Crippen LogP contribution in [0.3, 0.4) is 0 Å². The van der Waals surface area contributed by atoms with E-state index in [9.17, 15) is 13.2 Å². The minimum Gasteiger partial charge on any atom is -0.497 e. The number of hydrogen-bond acceptors (Lipinski definition) is 3. The minimum absolute atomic E-state index is 0.0792. The van der Waals surface area contributed by atoms with E-state index in [1.807, 2.05) is 24.3 Å². The highest BCUT2D eigenvalue weighted by molar-refractivity contribution is 5.27. The van der Waals surface area contributed by atoms with Crippen molar-refractivity contribution in [1.82, 2.24) is 0 Å². The van der Waals surface area contributed by atoms with E-state index in [4.69, 9.17) is 10.5 Å². The third-order valence-electron chi connectivity index (χ3n) is 2.79. The van der Waals surface area contributed by atoms with Gasteiger partial charge in [0, 0.05) is 12.6 Å². The van der Waals surface area contributed by atoms with Crippen molar-refractivity contribution >= 4 is 0 Å². The molecule has 0 saturated heterocycles. The van der Waals surface area contributed by atoms with Crippen molar-refractivity contribution in [3.63, 3.8) is 0 Å². The fraction of sp³-hybridized carbons (Fsp3) is 0.571. The van der Waals surface area contributed by atoms with Crippen LogP contribution in [-0.2, 0) is 11.2 Å². The Morgan fingerprint density at radius 3 is 2.40 bits per heavy atom. The first kappa shape index (κ1) is 16.8. The Morgan fingerprint density at radius 2 is 1.85 bits per heavy atom. The van der Waals surface area contributed by atoms with Gasteiger partial charge in [-0.25, -0.2) is 0 Å². The summed E-state index contributed by atoms with van der Waals surface area (Å²) in [4.78, 5) is 0. The number of nitrogens with two attached hydrogens (primary N) is 1. The van der Waals surface area contributed by atoms with E-state index in [1.54, 1.807) is 7.11 Å². The zero-order valence-electron chi connectivity index (χ0n) is 11.5. The van der Waals surface area contributed by atoms with Crippen molar-refractivity contribution in [3.8, 4) is 5.75 Å². The van der Waals surface area contributed by atoms with Crippen molar-refractivity contribution in [1.29, 1.82) is 0 Å². The van der Waals surface area contributed by atoms with E-state index in [0.717, 1.165) is 11.3 Å².